The van der Waals surface area contributed by atoms with E-state index in [4.69, 9.17) is 5.11 Å². The third-order valence-electron chi connectivity index (χ3n) is 3.21. The summed E-state index contributed by atoms with van der Waals surface area (Å²) in [5.41, 5.74) is 0.542. The monoisotopic (exact) mass is 251 g/mol. The van der Waals surface area contributed by atoms with Crippen molar-refractivity contribution in [2.24, 2.45) is 5.92 Å². The van der Waals surface area contributed by atoms with Gasteiger partial charge in [0.15, 0.2) is 0 Å². The normalized spacial score (nSPS) is 19.8. The number of rotatable bonds is 3. The lowest BCUT2D eigenvalue weighted by molar-refractivity contribution is -0.141. The van der Waals surface area contributed by atoms with Crippen LogP contribution >= 0.6 is 0 Å². The first kappa shape index (κ1) is 12.6. The molecular formula is C12H17N3O3. The van der Waals surface area contributed by atoms with Gasteiger partial charge in [0.1, 0.15) is 0 Å². The number of carboxylic acids is 1. The molecule has 0 amide bonds. The van der Waals surface area contributed by atoms with E-state index < -0.39 is 5.97 Å². The molecule has 2 heterocycles. The Morgan fingerprint density at radius 2 is 2.44 bits per heavy atom. The van der Waals surface area contributed by atoms with Crippen molar-refractivity contribution in [1.29, 1.82) is 0 Å². The van der Waals surface area contributed by atoms with Crippen LogP contribution in [0.25, 0.3) is 0 Å². The summed E-state index contributed by atoms with van der Waals surface area (Å²) in [4.78, 5) is 31.4. The largest absolute Gasteiger partial charge is 0.481 e. The Kier molecular flexibility index (Phi) is 3.64. The summed E-state index contributed by atoms with van der Waals surface area (Å²) in [5, 5.41) is 9.04. The highest BCUT2D eigenvalue weighted by molar-refractivity contribution is 5.71. The summed E-state index contributed by atoms with van der Waals surface area (Å²) in [5.74, 6) is -0.673. The highest BCUT2D eigenvalue weighted by Gasteiger charge is 2.26. The summed E-state index contributed by atoms with van der Waals surface area (Å²) in [7, 11) is 0. The summed E-state index contributed by atoms with van der Waals surface area (Å²) in [6.07, 6.45) is 2.17. The van der Waals surface area contributed by atoms with Gasteiger partial charge in [-0.3, -0.25) is 14.6 Å². The second-order valence-electron chi connectivity index (χ2n) is 4.54. The molecule has 1 fully saturated rings. The fraction of sp³-hybridized carbons (Fsp3) is 0.583. The average molecular weight is 251 g/mol. The molecule has 1 atom stereocenters. The lowest BCUT2D eigenvalue weighted by Crippen LogP contribution is -2.40. The molecule has 0 aliphatic carbocycles. The number of H-pyrrole nitrogens is 1. The minimum atomic E-state index is -0.784. The molecule has 0 aromatic carbocycles. The second kappa shape index (κ2) is 5.20. The number of nitrogens with zero attached hydrogens (tertiary/aromatic N) is 2. The van der Waals surface area contributed by atoms with E-state index in [0.717, 1.165) is 18.7 Å². The van der Waals surface area contributed by atoms with Crippen molar-refractivity contribution in [2.75, 3.05) is 18.0 Å². The molecule has 2 N–H and O–H groups in total. The van der Waals surface area contributed by atoms with Crippen molar-refractivity contribution in [2.45, 2.75) is 26.2 Å². The Hall–Kier alpha value is -1.85. The maximum atomic E-state index is 11.5. The molecule has 1 aliphatic heterocycles. The number of aryl methyl sites for hydroxylation is 1. The molecule has 2 rings (SSSR count). The van der Waals surface area contributed by atoms with Gasteiger partial charge in [-0.1, -0.05) is 6.92 Å². The van der Waals surface area contributed by atoms with Crippen LogP contribution in [0.3, 0.4) is 0 Å². The van der Waals surface area contributed by atoms with Crippen LogP contribution < -0.4 is 10.5 Å². The van der Waals surface area contributed by atoms with Crippen molar-refractivity contribution in [3.63, 3.8) is 0 Å². The number of aromatic amines is 1. The van der Waals surface area contributed by atoms with E-state index in [1.54, 1.807) is 0 Å². The van der Waals surface area contributed by atoms with Crippen molar-refractivity contribution >= 4 is 11.9 Å². The Morgan fingerprint density at radius 3 is 3.11 bits per heavy atom. The highest BCUT2D eigenvalue weighted by Crippen LogP contribution is 2.19. The van der Waals surface area contributed by atoms with Crippen LogP contribution in [0.2, 0.25) is 0 Å². The second-order valence-corrected chi connectivity index (χ2v) is 4.54. The molecule has 6 nitrogen and oxygen atoms in total. The molecule has 1 aliphatic rings. The molecule has 1 saturated heterocycles. The van der Waals surface area contributed by atoms with Gasteiger partial charge in [0.05, 0.1) is 5.92 Å². The molecule has 98 valence electrons. The van der Waals surface area contributed by atoms with Gasteiger partial charge < -0.3 is 10.0 Å². The zero-order valence-electron chi connectivity index (χ0n) is 10.3. The Bertz CT molecular complexity index is 498. The number of carboxylic acid groups (broad SMARTS) is 1. The van der Waals surface area contributed by atoms with Crippen LogP contribution in [0.1, 0.15) is 25.5 Å². The summed E-state index contributed by atoms with van der Waals surface area (Å²) in [6.45, 7) is 3.08. The van der Waals surface area contributed by atoms with Gasteiger partial charge >= 0.3 is 5.97 Å². The van der Waals surface area contributed by atoms with E-state index in [0.29, 0.717) is 25.3 Å². The number of carbonyl (C=O) groups is 1. The molecule has 18 heavy (non-hydrogen) atoms. The standard InChI is InChI=1S/C12H17N3O3/c1-2-9-6-10(16)14-12(13-9)15-5-3-4-8(7-15)11(17)18/h6,8H,2-5,7H2,1H3,(H,17,18)(H,13,14,16)/t8-/m1/s1. The highest BCUT2D eigenvalue weighted by atomic mass is 16.4. The van der Waals surface area contributed by atoms with E-state index in [9.17, 15) is 9.59 Å². The van der Waals surface area contributed by atoms with Gasteiger partial charge in [-0.2, -0.15) is 0 Å². The van der Waals surface area contributed by atoms with E-state index in [1.807, 2.05) is 11.8 Å². The number of anilines is 1. The Labute approximate surface area is 105 Å². The predicted molar refractivity (Wildman–Crippen MR) is 66.8 cm³/mol. The summed E-state index contributed by atoms with van der Waals surface area (Å²) in [6, 6.07) is 1.47. The molecule has 0 saturated carbocycles. The SMILES string of the molecule is CCc1cc(=O)[nH]c(N2CCC[C@@H](C(=O)O)C2)n1. The molecule has 0 unspecified atom stereocenters. The third kappa shape index (κ3) is 2.69. The van der Waals surface area contributed by atoms with E-state index in [1.165, 1.54) is 6.07 Å². The third-order valence-corrected chi connectivity index (χ3v) is 3.21. The quantitative estimate of drug-likeness (QED) is 0.823. The average Bonchev–Trinajstić information content (AvgIpc) is 2.38. The minimum absolute atomic E-state index is 0.186. The van der Waals surface area contributed by atoms with Crippen molar-refractivity contribution in [1.82, 2.24) is 9.97 Å². The maximum absolute atomic E-state index is 11.5. The van der Waals surface area contributed by atoms with E-state index in [-0.39, 0.29) is 11.5 Å². The van der Waals surface area contributed by atoms with Crippen LogP contribution in [0, 0.1) is 5.92 Å². The van der Waals surface area contributed by atoms with Gasteiger partial charge in [-0.25, -0.2) is 4.98 Å². The first-order chi connectivity index (χ1) is 8.60. The van der Waals surface area contributed by atoms with Crippen molar-refractivity contribution in [3.8, 4) is 0 Å². The van der Waals surface area contributed by atoms with Gasteiger partial charge in [0, 0.05) is 24.8 Å². The predicted octanol–water partition coefficient (Wildman–Crippen LogP) is 0.633. The number of nitrogens with one attached hydrogen (secondary N) is 1. The van der Waals surface area contributed by atoms with Crippen LogP contribution in [0.4, 0.5) is 5.95 Å². The Morgan fingerprint density at radius 1 is 1.67 bits per heavy atom. The number of hydrogen-bond acceptors (Lipinski definition) is 4. The smallest absolute Gasteiger partial charge is 0.308 e. The van der Waals surface area contributed by atoms with Gasteiger partial charge in [-0.15, -0.1) is 0 Å². The first-order valence-electron chi connectivity index (χ1n) is 6.18. The zero-order chi connectivity index (χ0) is 13.1. The number of hydrogen-bond donors (Lipinski definition) is 2. The topological polar surface area (TPSA) is 86.3 Å². The molecular weight excluding hydrogens is 234 g/mol. The summed E-state index contributed by atoms with van der Waals surface area (Å²) < 4.78 is 0. The van der Waals surface area contributed by atoms with Crippen molar-refractivity contribution in [3.05, 3.63) is 22.1 Å². The van der Waals surface area contributed by atoms with Gasteiger partial charge in [-0.05, 0) is 19.3 Å². The lowest BCUT2D eigenvalue weighted by Gasteiger charge is -2.31. The van der Waals surface area contributed by atoms with E-state index in [2.05, 4.69) is 9.97 Å². The maximum Gasteiger partial charge on any atom is 0.308 e. The molecule has 1 aromatic rings. The molecule has 0 bridgehead atoms. The number of aromatic nitrogens is 2. The fourth-order valence-corrected chi connectivity index (χ4v) is 2.20. The summed E-state index contributed by atoms with van der Waals surface area (Å²) >= 11 is 0. The number of aliphatic carboxylic acids is 1. The zero-order valence-corrected chi connectivity index (χ0v) is 10.3. The van der Waals surface area contributed by atoms with Crippen LogP contribution in [-0.2, 0) is 11.2 Å². The Balaban J connectivity index is 2.22. The molecule has 0 spiro atoms. The van der Waals surface area contributed by atoms with E-state index >= 15 is 0 Å². The number of piperidine rings is 1. The molecule has 0 radical (unpaired) electrons. The van der Waals surface area contributed by atoms with Gasteiger partial charge in [0.2, 0.25) is 5.95 Å². The van der Waals surface area contributed by atoms with Crippen LogP contribution in [0.5, 0.6) is 0 Å². The van der Waals surface area contributed by atoms with Crippen molar-refractivity contribution < 1.29 is 9.90 Å². The lowest BCUT2D eigenvalue weighted by atomic mass is 9.99. The van der Waals surface area contributed by atoms with Crippen LogP contribution in [0.15, 0.2) is 10.9 Å². The minimum Gasteiger partial charge on any atom is -0.481 e. The molecule has 1 aromatic heterocycles. The van der Waals surface area contributed by atoms with Gasteiger partial charge in [0.25, 0.3) is 5.56 Å². The first-order valence-corrected chi connectivity index (χ1v) is 6.18. The van der Waals surface area contributed by atoms with Crippen LogP contribution in [-0.4, -0.2) is 34.1 Å². The molecule has 6 heteroatoms. The fourth-order valence-electron chi connectivity index (χ4n) is 2.20.